The van der Waals surface area contributed by atoms with E-state index in [0.29, 0.717) is 52.8 Å². The Kier molecular flexibility index (Phi) is 4.55. The summed E-state index contributed by atoms with van der Waals surface area (Å²) in [4.78, 5) is 17.0. The molecule has 8 heteroatoms. The molecule has 7 nitrogen and oxygen atoms in total. The Balaban J connectivity index is 1.79. The maximum atomic E-state index is 12.2. The number of morpholine rings is 1. The predicted molar refractivity (Wildman–Crippen MR) is 101 cm³/mol. The van der Waals surface area contributed by atoms with Crippen LogP contribution in [0, 0.1) is 0 Å². The smallest absolute Gasteiger partial charge is 0.246 e. The van der Waals surface area contributed by atoms with Gasteiger partial charge in [-0.25, -0.2) is 0 Å². The normalized spacial score (nSPS) is 17.2. The van der Waals surface area contributed by atoms with E-state index in [1.165, 1.54) is 6.08 Å². The number of halogens is 1. The predicted octanol–water partition coefficient (Wildman–Crippen LogP) is 3.07. The average molecular weight is 385 g/mol. The Morgan fingerprint density at radius 2 is 2.22 bits per heavy atom. The molecule has 1 atom stereocenters. The number of carbonyl (C=O) groups is 1. The summed E-state index contributed by atoms with van der Waals surface area (Å²) in [7, 11) is 0. The first kappa shape index (κ1) is 17.5. The van der Waals surface area contributed by atoms with Crippen molar-refractivity contribution in [2.24, 2.45) is 0 Å². The van der Waals surface area contributed by atoms with Crippen molar-refractivity contribution in [3.63, 3.8) is 0 Å². The highest BCUT2D eigenvalue weighted by Crippen LogP contribution is 2.36. The molecule has 27 heavy (non-hydrogen) atoms. The largest absolute Gasteiger partial charge is 0.507 e. The van der Waals surface area contributed by atoms with Crippen molar-refractivity contribution < 1.29 is 14.6 Å². The molecule has 3 aromatic rings. The van der Waals surface area contributed by atoms with Crippen molar-refractivity contribution >= 4 is 28.5 Å². The van der Waals surface area contributed by atoms with Gasteiger partial charge in [0.25, 0.3) is 0 Å². The fourth-order valence-electron chi connectivity index (χ4n) is 3.25. The van der Waals surface area contributed by atoms with E-state index < -0.39 is 0 Å². The number of aromatic nitrogens is 3. The number of rotatable bonds is 3. The van der Waals surface area contributed by atoms with Gasteiger partial charge in [-0.3, -0.25) is 4.79 Å². The van der Waals surface area contributed by atoms with E-state index in [0.717, 1.165) is 0 Å². The van der Waals surface area contributed by atoms with Crippen molar-refractivity contribution in [1.82, 2.24) is 20.1 Å². The number of hydrogen-bond acceptors (Lipinski definition) is 5. The van der Waals surface area contributed by atoms with Gasteiger partial charge in [0.15, 0.2) is 5.65 Å². The molecule has 1 saturated heterocycles. The highest BCUT2D eigenvalue weighted by molar-refractivity contribution is 6.36. The molecule has 0 bridgehead atoms. The SMILES string of the molecule is C=CC(=O)N1CCOCC1c1[nH]c2nnc(-c3ccccc3O)cc2c1Cl. The highest BCUT2D eigenvalue weighted by Gasteiger charge is 2.31. The van der Waals surface area contributed by atoms with Gasteiger partial charge in [-0.05, 0) is 24.3 Å². The summed E-state index contributed by atoms with van der Waals surface area (Å²) in [5, 5.41) is 19.6. The van der Waals surface area contributed by atoms with Crippen LogP contribution in [0.15, 0.2) is 43.0 Å². The number of benzene rings is 1. The van der Waals surface area contributed by atoms with E-state index in [2.05, 4.69) is 21.8 Å². The molecule has 0 aliphatic carbocycles. The molecule has 1 fully saturated rings. The summed E-state index contributed by atoms with van der Waals surface area (Å²) >= 11 is 6.62. The van der Waals surface area contributed by atoms with Gasteiger partial charge in [0.2, 0.25) is 5.91 Å². The molecule has 0 radical (unpaired) electrons. The minimum Gasteiger partial charge on any atom is -0.507 e. The van der Waals surface area contributed by atoms with Crippen molar-refractivity contribution in [3.8, 4) is 17.0 Å². The van der Waals surface area contributed by atoms with Crippen LogP contribution in [0.5, 0.6) is 5.75 Å². The first-order valence-electron chi connectivity index (χ1n) is 8.44. The molecule has 0 spiro atoms. The number of aromatic hydroxyl groups is 1. The molecular weight excluding hydrogens is 368 g/mol. The topological polar surface area (TPSA) is 91.3 Å². The minimum atomic E-state index is -0.362. The Bertz CT molecular complexity index is 1030. The molecule has 138 valence electrons. The zero-order valence-corrected chi connectivity index (χ0v) is 15.1. The van der Waals surface area contributed by atoms with Crippen LogP contribution < -0.4 is 0 Å². The quantitative estimate of drug-likeness (QED) is 0.677. The van der Waals surface area contributed by atoms with Gasteiger partial charge in [-0.15, -0.1) is 10.2 Å². The number of fused-ring (bicyclic) bond motifs is 1. The van der Waals surface area contributed by atoms with Gasteiger partial charge >= 0.3 is 0 Å². The first-order chi connectivity index (χ1) is 13.1. The van der Waals surface area contributed by atoms with Gasteiger partial charge in [0.1, 0.15) is 5.75 Å². The monoisotopic (exact) mass is 384 g/mol. The van der Waals surface area contributed by atoms with Crippen LogP contribution in [0.1, 0.15) is 11.7 Å². The van der Waals surface area contributed by atoms with E-state index in [4.69, 9.17) is 16.3 Å². The zero-order chi connectivity index (χ0) is 19.0. The highest BCUT2D eigenvalue weighted by atomic mass is 35.5. The number of H-pyrrole nitrogens is 1. The number of hydrogen-bond donors (Lipinski definition) is 2. The van der Waals surface area contributed by atoms with Crippen molar-refractivity contribution in [1.29, 1.82) is 0 Å². The van der Waals surface area contributed by atoms with E-state index in [9.17, 15) is 9.90 Å². The summed E-state index contributed by atoms with van der Waals surface area (Å²) in [6.45, 7) is 4.80. The summed E-state index contributed by atoms with van der Waals surface area (Å²) < 4.78 is 5.55. The van der Waals surface area contributed by atoms with Gasteiger partial charge in [-0.2, -0.15) is 0 Å². The second kappa shape index (κ2) is 7.02. The lowest BCUT2D eigenvalue weighted by molar-refractivity contribution is -0.134. The van der Waals surface area contributed by atoms with Crippen LogP contribution in [0.2, 0.25) is 5.02 Å². The van der Waals surface area contributed by atoms with Crippen LogP contribution in [-0.4, -0.2) is 50.9 Å². The van der Waals surface area contributed by atoms with Crippen LogP contribution in [0.25, 0.3) is 22.3 Å². The fraction of sp³-hybridized carbons (Fsp3) is 0.211. The third-order valence-corrected chi connectivity index (χ3v) is 5.03. The second-order valence-electron chi connectivity index (χ2n) is 6.19. The number of para-hydroxylation sites is 1. The first-order valence-corrected chi connectivity index (χ1v) is 8.82. The number of ether oxygens (including phenoxy) is 1. The minimum absolute atomic E-state index is 0.112. The molecule has 2 N–H and O–H groups in total. The van der Waals surface area contributed by atoms with Gasteiger partial charge in [0, 0.05) is 17.5 Å². The zero-order valence-electron chi connectivity index (χ0n) is 14.4. The summed E-state index contributed by atoms with van der Waals surface area (Å²) in [5.74, 6) is -0.0690. The van der Waals surface area contributed by atoms with Crippen LogP contribution in [0.4, 0.5) is 0 Å². The molecule has 0 saturated carbocycles. The number of nitrogens with one attached hydrogen (secondary N) is 1. The van der Waals surface area contributed by atoms with Crippen molar-refractivity contribution in [2.75, 3.05) is 19.8 Å². The lowest BCUT2D eigenvalue weighted by Crippen LogP contribution is -2.42. The van der Waals surface area contributed by atoms with Crippen molar-refractivity contribution in [3.05, 3.63) is 53.7 Å². The Hall–Kier alpha value is -2.90. The van der Waals surface area contributed by atoms with Gasteiger partial charge in [-0.1, -0.05) is 30.3 Å². The molecule has 3 heterocycles. The summed E-state index contributed by atoms with van der Waals surface area (Å²) in [6, 6.07) is 8.29. The van der Waals surface area contributed by atoms with Crippen molar-refractivity contribution in [2.45, 2.75) is 6.04 Å². The molecule has 1 aromatic carbocycles. The maximum absolute atomic E-state index is 12.2. The lowest BCUT2D eigenvalue weighted by atomic mass is 10.1. The van der Waals surface area contributed by atoms with E-state index in [-0.39, 0.29) is 17.7 Å². The number of phenolic OH excluding ortho intramolecular Hbond substituents is 1. The average Bonchev–Trinajstić information content (AvgIpc) is 3.03. The molecule has 1 aliphatic rings. The number of phenols is 1. The third kappa shape index (κ3) is 3.05. The number of nitrogens with zero attached hydrogens (tertiary/aromatic N) is 3. The van der Waals surface area contributed by atoms with E-state index in [1.54, 1.807) is 29.2 Å². The van der Waals surface area contributed by atoms with Crippen LogP contribution in [0.3, 0.4) is 0 Å². The molecule has 2 aromatic heterocycles. The summed E-state index contributed by atoms with van der Waals surface area (Å²) in [6.07, 6.45) is 1.28. The van der Waals surface area contributed by atoms with Crippen LogP contribution in [-0.2, 0) is 9.53 Å². The Morgan fingerprint density at radius 3 is 3.00 bits per heavy atom. The summed E-state index contributed by atoms with van der Waals surface area (Å²) in [5.41, 5.74) is 2.22. The standard InChI is InChI=1S/C19H17ClN4O3/c1-2-16(26)24-7-8-27-10-14(24)18-17(20)12-9-13(22-23-19(12)21-18)11-5-3-4-6-15(11)25/h2-6,9,14,25H,1,7-8,10H2,(H,21,23). The molecule has 1 amide bonds. The van der Waals surface area contributed by atoms with E-state index >= 15 is 0 Å². The molecule has 1 unspecified atom stereocenters. The lowest BCUT2D eigenvalue weighted by Gasteiger charge is -2.34. The third-order valence-electron chi connectivity index (χ3n) is 4.62. The molecule has 1 aliphatic heterocycles. The Labute approximate surface area is 160 Å². The fourth-order valence-corrected chi connectivity index (χ4v) is 3.57. The van der Waals surface area contributed by atoms with Crippen LogP contribution >= 0.6 is 11.6 Å². The van der Waals surface area contributed by atoms with Gasteiger partial charge < -0.3 is 19.7 Å². The van der Waals surface area contributed by atoms with E-state index in [1.807, 2.05) is 6.07 Å². The Morgan fingerprint density at radius 1 is 1.41 bits per heavy atom. The second-order valence-corrected chi connectivity index (χ2v) is 6.57. The number of carbonyl (C=O) groups excluding carboxylic acids is 1. The number of amides is 1. The molecule has 4 rings (SSSR count). The maximum Gasteiger partial charge on any atom is 0.246 e. The number of aromatic amines is 1. The molecular formula is C19H17ClN4O3. The van der Waals surface area contributed by atoms with Gasteiger partial charge in [0.05, 0.1) is 35.7 Å².